The van der Waals surface area contributed by atoms with E-state index in [-0.39, 0.29) is 16.9 Å². The number of H-pyrrole nitrogens is 1. The number of para-hydroxylation sites is 1. The Hall–Kier alpha value is -1.79. The lowest BCUT2D eigenvalue weighted by atomic mass is 10.1. The van der Waals surface area contributed by atoms with Crippen molar-refractivity contribution < 1.29 is 4.74 Å². The van der Waals surface area contributed by atoms with E-state index in [0.29, 0.717) is 10.9 Å². The summed E-state index contributed by atoms with van der Waals surface area (Å²) in [6, 6.07) is 9.08. The first-order chi connectivity index (χ1) is 10.0. The molecule has 1 aromatic carbocycles. The highest BCUT2D eigenvalue weighted by Crippen LogP contribution is 2.39. The first kappa shape index (κ1) is 15.6. The minimum atomic E-state index is -0.159. The number of aromatic nitrogens is 2. The molecule has 5 nitrogen and oxygen atoms in total. The summed E-state index contributed by atoms with van der Waals surface area (Å²) in [5.41, 5.74) is 7.64. The van der Waals surface area contributed by atoms with Crippen molar-refractivity contribution in [2.45, 2.75) is 30.3 Å². The van der Waals surface area contributed by atoms with E-state index in [2.05, 4.69) is 9.97 Å². The van der Waals surface area contributed by atoms with Gasteiger partial charge in [0.1, 0.15) is 5.75 Å². The van der Waals surface area contributed by atoms with Gasteiger partial charge in [-0.15, -0.1) is 0 Å². The van der Waals surface area contributed by atoms with Gasteiger partial charge in [-0.1, -0.05) is 30.0 Å². The molecule has 0 spiro atoms. The van der Waals surface area contributed by atoms with Crippen LogP contribution in [0.3, 0.4) is 0 Å². The molecule has 112 valence electrons. The number of nitrogens with two attached hydrogens (primary N) is 1. The number of nitrogens with one attached hydrogen (secondary N) is 1. The van der Waals surface area contributed by atoms with Gasteiger partial charge < -0.3 is 15.5 Å². The van der Waals surface area contributed by atoms with Crippen LogP contribution >= 0.6 is 11.8 Å². The van der Waals surface area contributed by atoms with Crippen LogP contribution < -0.4 is 16.0 Å². The fourth-order valence-electron chi connectivity index (χ4n) is 2.08. The van der Waals surface area contributed by atoms with Gasteiger partial charge in [0.15, 0.2) is 5.16 Å². The zero-order valence-corrected chi connectivity index (χ0v) is 13.1. The fourth-order valence-corrected chi connectivity index (χ4v) is 3.22. The Kier molecular flexibility index (Phi) is 5.03. The Balaban J connectivity index is 2.38. The number of thioether (sulfide) groups is 1. The van der Waals surface area contributed by atoms with Crippen LogP contribution in [0.5, 0.6) is 5.75 Å². The Labute approximate surface area is 127 Å². The lowest BCUT2D eigenvalue weighted by Crippen LogP contribution is -2.23. The largest absolute Gasteiger partial charge is 0.496 e. The monoisotopic (exact) mass is 305 g/mol. The zero-order valence-electron chi connectivity index (χ0n) is 12.3. The Morgan fingerprint density at radius 2 is 2.10 bits per heavy atom. The maximum absolute atomic E-state index is 11.6. The van der Waals surface area contributed by atoms with E-state index in [1.165, 1.54) is 17.8 Å². The molecule has 0 bridgehead atoms. The summed E-state index contributed by atoms with van der Waals surface area (Å²) in [4.78, 5) is 18.6. The second kappa shape index (κ2) is 6.78. The quantitative estimate of drug-likeness (QED) is 0.654. The summed E-state index contributed by atoms with van der Waals surface area (Å²) in [6.07, 6.45) is 0. The molecule has 6 heteroatoms. The summed E-state index contributed by atoms with van der Waals surface area (Å²) in [6.45, 7) is 3.72. The van der Waals surface area contributed by atoms with E-state index in [1.54, 1.807) is 14.0 Å². The molecule has 0 aliphatic carbocycles. The molecule has 1 heterocycles. The van der Waals surface area contributed by atoms with E-state index >= 15 is 0 Å². The molecule has 0 aliphatic rings. The van der Waals surface area contributed by atoms with Crippen LogP contribution in [0.1, 0.15) is 23.4 Å². The van der Waals surface area contributed by atoms with Crippen molar-refractivity contribution in [1.82, 2.24) is 9.97 Å². The molecule has 2 rings (SSSR count). The molecule has 0 amide bonds. The SMILES string of the molecule is COc1ccccc1C(Sc1nc(C)cc(=O)[nH]1)C(C)N. The molecule has 2 unspecified atom stereocenters. The fraction of sp³-hybridized carbons (Fsp3) is 0.333. The van der Waals surface area contributed by atoms with Gasteiger partial charge >= 0.3 is 0 Å². The van der Waals surface area contributed by atoms with Crippen molar-refractivity contribution >= 4 is 11.8 Å². The summed E-state index contributed by atoms with van der Waals surface area (Å²) in [5.74, 6) is 0.780. The molecule has 3 N–H and O–H groups in total. The standard InChI is InChI=1S/C15H19N3O2S/c1-9-8-13(19)18-15(17-9)21-14(10(2)16)11-6-4-5-7-12(11)20-3/h4-8,10,14H,16H2,1-3H3,(H,17,18,19). The van der Waals surface area contributed by atoms with Crippen LogP contribution in [0.25, 0.3) is 0 Å². The van der Waals surface area contributed by atoms with E-state index in [1.807, 2.05) is 31.2 Å². The van der Waals surface area contributed by atoms with Crippen molar-refractivity contribution in [3.8, 4) is 5.75 Å². The third kappa shape index (κ3) is 3.86. The minimum Gasteiger partial charge on any atom is -0.496 e. The van der Waals surface area contributed by atoms with E-state index < -0.39 is 0 Å². The molecule has 0 saturated carbocycles. The van der Waals surface area contributed by atoms with Gasteiger partial charge in [-0.25, -0.2) is 4.98 Å². The molecule has 21 heavy (non-hydrogen) atoms. The maximum Gasteiger partial charge on any atom is 0.251 e. The molecular formula is C15H19N3O2S. The van der Waals surface area contributed by atoms with Crippen LogP contribution in [0.15, 0.2) is 40.3 Å². The second-order valence-electron chi connectivity index (χ2n) is 4.83. The number of methoxy groups -OCH3 is 1. The van der Waals surface area contributed by atoms with Crippen molar-refractivity contribution in [2.75, 3.05) is 7.11 Å². The van der Waals surface area contributed by atoms with Crippen LogP contribution in [0, 0.1) is 6.92 Å². The van der Waals surface area contributed by atoms with Gasteiger partial charge in [0.2, 0.25) is 0 Å². The van der Waals surface area contributed by atoms with E-state index in [0.717, 1.165) is 11.3 Å². The van der Waals surface area contributed by atoms with Crippen LogP contribution in [0.4, 0.5) is 0 Å². The highest BCUT2D eigenvalue weighted by Gasteiger charge is 2.22. The summed E-state index contributed by atoms with van der Waals surface area (Å²) in [5, 5.41) is 0.499. The van der Waals surface area contributed by atoms with Crippen molar-refractivity contribution in [3.63, 3.8) is 0 Å². The van der Waals surface area contributed by atoms with Crippen molar-refractivity contribution in [3.05, 3.63) is 51.9 Å². The lowest BCUT2D eigenvalue weighted by molar-refractivity contribution is 0.408. The number of benzene rings is 1. The van der Waals surface area contributed by atoms with Gasteiger partial charge in [0.25, 0.3) is 5.56 Å². The molecule has 0 radical (unpaired) electrons. The molecule has 2 atom stereocenters. The summed E-state index contributed by atoms with van der Waals surface area (Å²) >= 11 is 1.44. The van der Waals surface area contributed by atoms with Crippen LogP contribution in [-0.2, 0) is 0 Å². The number of aryl methyl sites for hydroxylation is 1. The number of hydrogen-bond acceptors (Lipinski definition) is 5. The third-order valence-corrected chi connectivity index (χ3v) is 4.36. The highest BCUT2D eigenvalue weighted by atomic mass is 32.2. The normalized spacial score (nSPS) is 13.7. The van der Waals surface area contributed by atoms with Crippen molar-refractivity contribution in [2.24, 2.45) is 5.73 Å². The Morgan fingerprint density at radius 1 is 1.38 bits per heavy atom. The van der Waals surface area contributed by atoms with Gasteiger partial charge in [0, 0.05) is 23.4 Å². The molecule has 0 fully saturated rings. The predicted octanol–water partition coefficient (Wildman–Crippen LogP) is 2.27. The van der Waals surface area contributed by atoms with Gasteiger partial charge in [0.05, 0.1) is 12.4 Å². The average molecular weight is 305 g/mol. The number of rotatable bonds is 5. The second-order valence-corrected chi connectivity index (χ2v) is 5.96. The van der Waals surface area contributed by atoms with Crippen molar-refractivity contribution in [1.29, 1.82) is 0 Å². The van der Waals surface area contributed by atoms with Gasteiger partial charge in [-0.05, 0) is 19.9 Å². The number of nitrogens with zero attached hydrogens (tertiary/aromatic N) is 1. The Bertz CT molecular complexity index is 670. The summed E-state index contributed by atoms with van der Waals surface area (Å²) in [7, 11) is 1.63. The van der Waals surface area contributed by atoms with E-state index in [4.69, 9.17) is 10.5 Å². The van der Waals surface area contributed by atoms with Gasteiger partial charge in [-0.3, -0.25) is 4.79 Å². The Morgan fingerprint density at radius 3 is 2.71 bits per heavy atom. The number of hydrogen-bond donors (Lipinski definition) is 2. The van der Waals surface area contributed by atoms with Crippen LogP contribution in [0.2, 0.25) is 0 Å². The summed E-state index contributed by atoms with van der Waals surface area (Å²) < 4.78 is 5.40. The molecule has 0 saturated heterocycles. The van der Waals surface area contributed by atoms with Crippen LogP contribution in [-0.4, -0.2) is 23.1 Å². The third-order valence-electron chi connectivity index (χ3n) is 3.01. The molecular weight excluding hydrogens is 286 g/mol. The lowest BCUT2D eigenvalue weighted by Gasteiger charge is -2.22. The first-order valence-corrected chi connectivity index (χ1v) is 7.52. The predicted molar refractivity (Wildman–Crippen MR) is 84.8 cm³/mol. The zero-order chi connectivity index (χ0) is 15.4. The smallest absolute Gasteiger partial charge is 0.251 e. The van der Waals surface area contributed by atoms with E-state index in [9.17, 15) is 4.79 Å². The maximum atomic E-state index is 11.6. The molecule has 0 aliphatic heterocycles. The minimum absolute atomic E-state index is 0.0638. The number of aromatic amines is 1. The highest BCUT2D eigenvalue weighted by molar-refractivity contribution is 7.99. The molecule has 2 aromatic rings. The number of ether oxygens (including phenoxy) is 1. The average Bonchev–Trinajstić information content (AvgIpc) is 2.43. The topological polar surface area (TPSA) is 81.0 Å². The molecule has 1 aromatic heterocycles. The van der Waals surface area contributed by atoms with Gasteiger partial charge in [-0.2, -0.15) is 0 Å². The first-order valence-electron chi connectivity index (χ1n) is 6.64.